The lowest BCUT2D eigenvalue weighted by Crippen LogP contribution is -1.94. The van der Waals surface area contributed by atoms with Crippen LogP contribution >= 0.6 is 23.2 Å². The molecule has 0 spiro atoms. The van der Waals surface area contributed by atoms with E-state index in [2.05, 4.69) is 0 Å². The standard InChI is InChI=1S/C10H11Cl2N/c11-9-5-4-8(10(12)7-9)3-1-2-6-13/h1,3-5,7H,2,6,13H2/b3-1-. The fourth-order valence-corrected chi connectivity index (χ4v) is 1.41. The Labute approximate surface area is 88.1 Å². The molecule has 0 aliphatic carbocycles. The highest BCUT2D eigenvalue weighted by Gasteiger charge is 1.96. The Hall–Kier alpha value is -0.500. The molecular formula is C10H11Cl2N. The molecule has 1 aromatic rings. The maximum absolute atomic E-state index is 5.94. The third-order valence-corrected chi connectivity index (χ3v) is 2.16. The molecular weight excluding hydrogens is 205 g/mol. The number of benzene rings is 1. The van der Waals surface area contributed by atoms with Crippen molar-refractivity contribution in [3.05, 3.63) is 39.9 Å². The van der Waals surface area contributed by atoms with Crippen LogP contribution in [0.3, 0.4) is 0 Å². The fourth-order valence-electron chi connectivity index (χ4n) is 0.943. The molecule has 2 N–H and O–H groups in total. The summed E-state index contributed by atoms with van der Waals surface area (Å²) >= 11 is 11.7. The van der Waals surface area contributed by atoms with E-state index in [-0.39, 0.29) is 0 Å². The third kappa shape index (κ3) is 3.39. The van der Waals surface area contributed by atoms with Gasteiger partial charge >= 0.3 is 0 Å². The van der Waals surface area contributed by atoms with Crippen molar-refractivity contribution in [3.8, 4) is 0 Å². The van der Waals surface area contributed by atoms with E-state index in [1.807, 2.05) is 24.3 Å². The van der Waals surface area contributed by atoms with Gasteiger partial charge in [-0.2, -0.15) is 0 Å². The van der Waals surface area contributed by atoms with Gasteiger partial charge in [0.25, 0.3) is 0 Å². The summed E-state index contributed by atoms with van der Waals surface area (Å²) in [5, 5.41) is 1.32. The van der Waals surface area contributed by atoms with E-state index in [0.717, 1.165) is 12.0 Å². The number of hydrogen-bond donors (Lipinski definition) is 1. The second-order valence-electron chi connectivity index (χ2n) is 2.65. The lowest BCUT2D eigenvalue weighted by molar-refractivity contribution is 1.01. The normalized spacial score (nSPS) is 11.0. The molecule has 0 heterocycles. The lowest BCUT2D eigenvalue weighted by atomic mass is 10.2. The van der Waals surface area contributed by atoms with Crippen molar-refractivity contribution in [2.45, 2.75) is 6.42 Å². The first-order chi connectivity index (χ1) is 6.24. The van der Waals surface area contributed by atoms with Gasteiger partial charge in [-0.15, -0.1) is 0 Å². The van der Waals surface area contributed by atoms with Gasteiger partial charge in [-0.3, -0.25) is 0 Å². The summed E-state index contributed by atoms with van der Waals surface area (Å²) in [5.74, 6) is 0. The van der Waals surface area contributed by atoms with Gasteiger partial charge in [0.1, 0.15) is 0 Å². The van der Waals surface area contributed by atoms with Crippen LogP contribution in [0.25, 0.3) is 6.08 Å². The van der Waals surface area contributed by atoms with E-state index < -0.39 is 0 Å². The third-order valence-electron chi connectivity index (χ3n) is 1.59. The zero-order valence-corrected chi connectivity index (χ0v) is 8.65. The van der Waals surface area contributed by atoms with Crippen LogP contribution in [0.2, 0.25) is 10.0 Å². The van der Waals surface area contributed by atoms with E-state index in [1.54, 1.807) is 6.07 Å². The average molecular weight is 216 g/mol. The molecule has 0 atom stereocenters. The molecule has 0 aromatic heterocycles. The van der Waals surface area contributed by atoms with Crippen LogP contribution in [0.4, 0.5) is 0 Å². The first-order valence-corrected chi connectivity index (χ1v) is 4.81. The molecule has 0 bridgehead atoms. The minimum Gasteiger partial charge on any atom is -0.330 e. The topological polar surface area (TPSA) is 26.0 Å². The van der Waals surface area contributed by atoms with Gasteiger partial charge in [0.05, 0.1) is 0 Å². The molecule has 1 rings (SSSR count). The zero-order chi connectivity index (χ0) is 9.68. The Morgan fingerprint density at radius 2 is 2.08 bits per heavy atom. The number of halogens is 2. The second-order valence-corrected chi connectivity index (χ2v) is 3.49. The summed E-state index contributed by atoms with van der Waals surface area (Å²) in [6.45, 7) is 0.654. The molecule has 0 saturated carbocycles. The van der Waals surface area contributed by atoms with Gasteiger partial charge in [-0.05, 0) is 30.7 Å². The van der Waals surface area contributed by atoms with Crippen molar-refractivity contribution in [2.75, 3.05) is 6.54 Å². The number of hydrogen-bond acceptors (Lipinski definition) is 1. The number of nitrogens with two attached hydrogens (primary N) is 1. The molecule has 70 valence electrons. The van der Waals surface area contributed by atoms with Crippen molar-refractivity contribution in [3.63, 3.8) is 0 Å². The van der Waals surface area contributed by atoms with Crippen molar-refractivity contribution in [1.82, 2.24) is 0 Å². The first-order valence-electron chi connectivity index (χ1n) is 4.05. The van der Waals surface area contributed by atoms with E-state index in [9.17, 15) is 0 Å². The van der Waals surface area contributed by atoms with Crippen molar-refractivity contribution >= 4 is 29.3 Å². The van der Waals surface area contributed by atoms with E-state index >= 15 is 0 Å². The van der Waals surface area contributed by atoms with E-state index in [0.29, 0.717) is 16.6 Å². The Kier molecular flexibility index (Phi) is 4.29. The lowest BCUT2D eigenvalue weighted by Gasteiger charge is -1.97. The van der Waals surface area contributed by atoms with Gasteiger partial charge in [-0.25, -0.2) is 0 Å². The van der Waals surface area contributed by atoms with Crippen LogP contribution in [0.1, 0.15) is 12.0 Å². The maximum Gasteiger partial charge on any atom is 0.0493 e. The molecule has 0 fully saturated rings. The van der Waals surface area contributed by atoms with Crippen LogP contribution in [0.5, 0.6) is 0 Å². The monoisotopic (exact) mass is 215 g/mol. The smallest absolute Gasteiger partial charge is 0.0493 e. The highest BCUT2D eigenvalue weighted by atomic mass is 35.5. The summed E-state index contributed by atoms with van der Waals surface area (Å²) < 4.78 is 0. The average Bonchev–Trinajstić information content (AvgIpc) is 2.09. The van der Waals surface area contributed by atoms with Crippen LogP contribution in [0, 0.1) is 0 Å². The summed E-state index contributed by atoms with van der Waals surface area (Å²) in [4.78, 5) is 0. The van der Waals surface area contributed by atoms with Gasteiger partial charge in [0, 0.05) is 10.0 Å². The molecule has 0 aliphatic heterocycles. The van der Waals surface area contributed by atoms with Crippen molar-refractivity contribution in [1.29, 1.82) is 0 Å². The number of rotatable bonds is 3. The molecule has 0 amide bonds. The van der Waals surface area contributed by atoms with Gasteiger partial charge in [0.2, 0.25) is 0 Å². The van der Waals surface area contributed by atoms with E-state index in [1.165, 1.54) is 0 Å². The van der Waals surface area contributed by atoms with Crippen molar-refractivity contribution < 1.29 is 0 Å². The molecule has 1 nitrogen and oxygen atoms in total. The highest BCUT2D eigenvalue weighted by molar-refractivity contribution is 6.35. The Morgan fingerprint density at radius 1 is 1.31 bits per heavy atom. The Bertz CT molecular complexity index is 308. The van der Waals surface area contributed by atoms with Crippen LogP contribution < -0.4 is 5.73 Å². The van der Waals surface area contributed by atoms with E-state index in [4.69, 9.17) is 28.9 Å². The SMILES string of the molecule is NCC/C=C\c1ccc(Cl)cc1Cl. The molecule has 0 unspecified atom stereocenters. The van der Waals surface area contributed by atoms with Crippen LogP contribution in [-0.2, 0) is 0 Å². The Morgan fingerprint density at radius 3 is 2.69 bits per heavy atom. The molecule has 0 radical (unpaired) electrons. The minimum atomic E-state index is 0.654. The zero-order valence-electron chi connectivity index (χ0n) is 7.13. The quantitative estimate of drug-likeness (QED) is 0.823. The summed E-state index contributed by atoms with van der Waals surface area (Å²) in [5.41, 5.74) is 6.32. The summed E-state index contributed by atoms with van der Waals surface area (Å²) in [6, 6.07) is 5.43. The van der Waals surface area contributed by atoms with Gasteiger partial charge in [-0.1, -0.05) is 41.4 Å². The van der Waals surface area contributed by atoms with Gasteiger partial charge < -0.3 is 5.73 Å². The fraction of sp³-hybridized carbons (Fsp3) is 0.200. The molecule has 1 aromatic carbocycles. The minimum absolute atomic E-state index is 0.654. The molecule has 13 heavy (non-hydrogen) atoms. The van der Waals surface area contributed by atoms with Gasteiger partial charge in [0.15, 0.2) is 0 Å². The predicted molar refractivity (Wildman–Crippen MR) is 59.2 cm³/mol. The molecule has 3 heteroatoms. The van der Waals surface area contributed by atoms with Crippen molar-refractivity contribution in [2.24, 2.45) is 5.73 Å². The second kappa shape index (κ2) is 5.28. The first kappa shape index (κ1) is 10.6. The summed E-state index contributed by atoms with van der Waals surface area (Å²) in [6.07, 6.45) is 4.81. The predicted octanol–water partition coefficient (Wildman–Crippen LogP) is 3.36. The molecule has 0 saturated heterocycles. The van der Waals surface area contributed by atoms with Crippen LogP contribution in [0.15, 0.2) is 24.3 Å². The largest absolute Gasteiger partial charge is 0.330 e. The maximum atomic E-state index is 5.94. The molecule has 0 aliphatic rings. The Balaban J connectivity index is 2.77. The highest BCUT2D eigenvalue weighted by Crippen LogP contribution is 2.21. The van der Waals surface area contributed by atoms with Crippen LogP contribution in [-0.4, -0.2) is 6.54 Å². The summed E-state index contributed by atoms with van der Waals surface area (Å²) in [7, 11) is 0.